The van der Waals surface area contributed by atoms with Gasteiger partial charge in [0.15, 0.2) is 24.0 Å². The summed E-state index contributed by atoms with van der Waals surface area (Å²) in [6, 6.07) is 27.6. The summed E-state index contributed by atoms with van der Waals surface area (Å²) in [5.74, 6) is 0.470. The Morgan fingerprint density at radius 3 is 1.24 bits per heavy atom. The molecule has 12 aromatic rings. The Morgan fingerprint density at radius 1 is 0.558 bits per heavy atom. The molecule has 36 nitrogen and oxygen atoms in total. The van der Waals surface area contributed by atoms with E-state index in [0.717, 1.165) is 50.8 Å². The molecule has 3 fully saturated rings. The molecule has 8 N–H and O–H groups in total. The third-order valence-electron chi connectivity index (χ3n) is 17.4. The molecule has 0 bridgehead atoms. The van der Waals surface area contributed by atoms with E-state index in [-0.39, 0.29) is 145 Å². The van der Waals surface area contributed by atoms with Gasteiger partial charge in [-0.1, -0.05) is 40.5 Å². The van der Waals surface area contributed by atoms with Gasteiger partial charge in [-0.05, 0) is 139 Å². The first-order valence-electron chi connectivity index (χ1n) is 34.0. The molecular weight excluding hydrogens is 1520 g/mol. The number of H-pyrrole nitrogens is 1. The fraction of sp³-hybridized carbons (Fsp3) is 0.329. The van der Waals surface area contributed by atoms with Crippen molar-refractivity contribution in [1.29, 1.82) is 0 Å². The number of phosphoric ester groups is 1. The molecule has 0 radical (unpaired) electrons. The Balaban J connectivity index is 0.000000295. The number of aromatic amines is 1. The number of anilines is 3. The second kappa shape index (κ2) is 41.6. The average Bonchev–Trinajstić information content (AvgIpc) is 1.68. The van der Waals surface area contributed by atoms with Crippen LogP contribution in [0.5, 0.6) is 0 Å². The molecule has 1 atom stereocenters. The largest absolute Gasteiger partial charge is 1.00 e. The second-order valence-electron chi connectivity index (χ2n) is 25.2. The number of rotatable bonds is 26. The molecule has 592 valence electrons. The minimum absolute atomic E-state index is 0. The van der Waals surface area contributed by atoms with Crippen LogP contribution in [0.4, 0.5) is 17.1 Å². The SMILES string of the molecule is C.C.C.CCOC1CC(n2cc(NC(=O)c3ccc(-c4cnn(COP(=O)(O)O)c4)o3)c(-c3ccccn3)n2)C1.CCOC1CC(n2cc(NC(=O)c3ccc(-c4cnn(COP(C)(=O)O)c4)o3)c(-c3ccccn3)n2)C1.CN(C)C1CC(n2cc(NC(=O)c3ccc(-c4cn[nH]c4)o3)c(-c3ccccn3)n2)C1.O=CO.[H-].[H-].[Na+].[Na+]. The normalized spacial score (nSPS) is 17.0. The molecule has 3 aliphatic carbocycles. The van der Waals surface area contributed by atoms with Gasteiger partial charge in [0, 0.05) is 81.7 Å². The third kappa shape index (κ3) is 23.8. The maximum Gasteiger partial charge on any atom is 1.00 e. The van der Waals surface area contributed by atoms with Gasteiger partial charge < -0.3 is 66.2 Å². The number of pyridine rings is 3. The van der Waals surface area contributed by atoms with Gasteiger partial charge in [-0.2, -0.15) is 30.6 Å². The standard InChI is InChI=1S/C24H27N6O6P.C23H25N6O7P.C22H23N7O2.CH2O2.3CH4.2Na.2H/c1-3-34-18-10-17(11-18)30-14-20(23(28-30)19-6-4-5-9-25-19)27-24(31)22-8-7-21(36-22)16-12-26-29(13-16)15-35-37(2,32)33;1-2-34-17-9-16(10-17)29-13-19(22(27-29)18-5-3-4-8-24-18)26-23(30)21-7-6-20(36-21)15-11-25-28(12-15)14-35-37(31,32)33;1-28(2)15-9-16(10-15)29-13-18(21(27-29)17-5-3-4-8-23-17)26-22(30)20-7-6-19(31-20)14-11-24-25-12-14;2-1-3;;;;;;;/h4-9,12-14,17-18H,3,10-11,15H2,1-2H3,(H,27,31)(H,32,33);3-8,11-13,16-17H,2,9-10,14H2,1H3,(H,26,30)(H2,31,32,33);3-8,11-13,15-16H,9-10H2,1-2H3,(H,24,25)(H,26,30);1H,(H,2,3);3*1H4;;;;/q;;;;;;;2*+1;2*-1. The molecule has 12 heterocycles. The Bertz CT molecular complexity index is 4870. The Morgan fingerprint density at radius 2 is 0.920 bits per heavy atom. The van der Waals surface area contributed by atoms with Crippen LogP contribution in [-0.2, 0) is 45.9 Å². The molecule has 1 unspecified atom stereocenters. The number of furan rings is 3. The summed E-state index contributed by atoms with van der Waals surface area (Å²) in [4.78, 5) is 89.8. The molecule has 3 saturated carbocycles. The monoisotopic (exact) mass is 1610 g/mol. The first kappa shape index (κ1) is 90.8. The van der Waals surface area contributed by atoms with Crippen molar-refractivity contribution in [2.24, 2.45) is 0 Å². The van der Waals surface area contributed by atoms with Gasteiger partial charge in [0.2, 0.25) is 0 Å². The number of amides is 3. The molecule has 0 saturated heterocycles. The van der Waals surface area contributed by atoms with E-state index in [1.54, 1.807) is 73.7 Å². The zero-order chi connectivity index (χ0) is 76.1. The summed E-state index contributed by atoms with van der Waals surface area (Å²) in [6.07, 6.45) is 25.8. The molecule has 12 aromatic heterocycles. The average molecular weight is 1610 g/mol. The number of carboxylic acid groups (broad SMARTS) is 1. The maximum absolute atomic E-state index is 13.1. The first-order chi connectivity index (χ1) is 52.1. The number of carbonyl (C=O) groups excluding carboxylic acids is 3. The van der Waals surface area contributed by atoms with Crippen molar-refractivity contribution in [3.05, 3.63) is 183 Å². The molecule has 113 heavy (non-hydrogen) atoms. The van der Waals surface area contributed by atoms with Crippen molar-refractivity contribution in [3.8, 4) is 68.1 Å². The van der Waals surface area contributed by atoms with Crippen LogP contribution in [0.1, 0.15) is 127 Å². The van der Waals surface area contributed by atoms with Crippen molar-refractivity contribution < 1.29 is 142 Å². The maximum atomic E-state index is 13.1. The van der Waals surface area contributed by atoms with Crippen LogP contribution in [0.2, 0.25) is 0 Å². The van der Waals surface area contributed by atoms with Crippen LogP contribution in [0, 0.1) is 0 Å². The molecule has 0 aliphatic heterocycles. The number of hydrogen-bond donors (Lipinski definition) is 8. The van der Waals surface area contributed by atoms with Gasteiger partial charge in [-0.3, -0.25) is 66.9 Å². The van der Waals surface area contributed by atoms with Crippen molar-refractivity contribution in [2.45, 2.75) is 124 Å². The number of carbonyl (C=O) groups is 4. The quantitative estimate of drug-likeness (QED) is 0.0155. The predicted molar refractivity (Wildman–Crippen MR) is 411 cm³/mol. The van der Waals surface area contributed by atoms with E-state index in [4.69, 9.17) is 62.2 Å². The van der Waals surface area contributed by atoms with Crippen LogP contribution in [0.15, 0.2) is 179 Å². The summed E-state index contributed by atoms with van der Waals surface area (Å²) in [5, 5.41) is 44.5. The van der Waals surface area contributed by atoms with Crippen molar-refractivity contribution in [1.82, 2.24) is 79.0 Å². The number of aromatic nitrogens is 15. The first-order valence-corrected chi connectivity index (χ1v) is 37.6. The Labute approximate surface area is 697 Å². The van der Waals surface area contributed by atoms with Gasteiger partial charge in [0.25, 0.3) is 24.2 Å². The van der Waals surface area contributed by atoms with Crippen LogP contribution < -0.4 is 75.1 Å². The van der Waals surface area contributed by atoms with E-state index < -0.39 is 34.0 Å². The zero-order valence-corrected chi connectivity index (χ0v) is 66.7. The fourth-order valence-corrected chi connectivity index (χ4v) is 12.3. The van der Waals surface area contributed by atoms with Crippen molar-refractivity contribution >= 4 is 56.7 Å². The molecule has 0 aromatic carbocycles. The smallest absolute Gasteiger partial charge is 1.00 e. The molecule has 15 rings (SSSR count). The summed E-state index contributed by atoms with van der Waals surface area (Å²) >= 11 is 0. The number of ether oxygens (including phenoxy) is 2. The van der Waals surface area contributed by atoms with E-state index in [1.807, 2.05) is 94.9 Å². The predicted octanol–water partition coefficient (Wildman–Crippen LogP) is 6.93. The third-order valence-corrected chi connectivity index (χ3v) is 18.5. The van der Waals surface area contributed by atoms with Gasteiger partial charge in [-0.25, -0.2) is 13.9 Å². The molecule has 40 heteroatoms. The number of phosphoric acid groups is 1. The van der Waals surface area contributed by atoms with E-state index in [1.165, 1.54) is 34.0 Å². The second-order valence-corrected chi connectivity index (χ2v) is 28.3. The van der Waals surface area contributed by atoms with Crippen molar-refractivity contribution in [2.75, 3.05) is 49.9 Å². The zero-order valence-electron chi connectivity index (χ0n) is 62.9. The van der Waals surface area contributed by atoms with Gasteiger partial charge >= 0.3 is 74.5 Å². The number of nitrogens with zero attached hydrogens (tertiary/aromatic N) is 15. The van der Waals surface area contributed by atoms with E-state index in [9.17, 15) is 28.4 Å². The Kier molecular flexibility index (Phi) is 33.4. The Hall–Kier alpha value is -9.43. The van der Waals surface area contributed by atoms with Crippen LogP contribution in [-0.4, -0.2) is 175 Å². The summed E-state index contributed by atoms with van der Waals surface area (Å²) in [5.41, 5.74) is 7.25. The molecular formula is C73H91N19Na2O17P2. The summed E-state index contributed by atoms with van der Waals surface area (Å²) in [7, 11) is -4.07. The number of hydrogen-bond acceptors (Lipinski definition) is 23. The van der Waals surface area contributed by atoms with Gasteiger partial charge in [0.05, 0.1) is 99.8 Å². The number of nitrogens with one attached hydrogen (secondary N) is 4. The van der Waals surface area contributed by atoms with Gasteiger partial charge in [0.1, 0.15) is 41.1 Å². The van der Waals surface area contributed by atoms with E-state index in [0.29, 0.717) is 105 Å². The van der Waals surface area contributed by atoms with Crippen LogP contribution in [0.3, 0.4) is 0 Å². The van der Waals surface area contributed by atoms with Crippen LogP contribution >= 0.6 is 15.4 Å². The molecule has 3 aliphatic rings. The van der Waals surface area contributed by atoms with Crippen LogP contribution in [0.25, 0.3) is 68.1 Å². The summed E-state index contributed by atoms with van der Waals surface area (Å²) < 4.78 is 68.2. The topological polar surface area (TPSA) is 455 Å². The van der Waals surface area contributed by atoms with E-state index >= 15 is 0 Å². The fourth-order valence-electron chi connectivity index (χ4n) is 11.7. The van der Waals surface area contributed by atoms with Crippen molar-refractivity contribution in [3.63, 3.8) is 0 Å². The van der Waals surface area contributed by atoms with E-state index in [2.05, 4.69) is 74.8 Å². The molecule has 0 spiro atoms. The summed E-state index contributed by atoms with van der Waals surface area (Å²) in [6.45, 7) is 5.53. The minimum atomic E-state index is -4.63. The van der Waals surface area contributed by atoms with Gasteiger partial charge in [-0.15, -0.1) is 0 Å². The minimum Gasteiger partial charge on any atom is -1.00 e. The molecule has 3 amide bonds.